The quantitative estimate of drug-likeness (QED) is 0.598. The van der Waals surface area contributed by atoms with Gasteiger partial charge in [-0.3, -0.25) is 9.59 Å². The van der Waals surface area contributed by atoms with Gasteiger partial charge in [-0.2, -0.15) is 0 Å². The number of carbonyl (C=O) groups excluding carboxylic acids is 2. The van der Waals surface area contributed by atoms with Gasteiger partial charge in [-0.25, -0.2) is 0 Å². The third-order valence-corrected chi connectivity index (χ3v) is 7.46. The SMILES string of the molecule is CCOc1ccc(CC(=O)N2C[C@@H]3CN(C(=O)c4ccc(Cl)c(C)c4Cl)C[C@@H]3C2)cc1OC. The van der Waals surface area contributed by atoms with Gasteiger partial charge >= 0.3 is 0 Å². The number of nitrogens with zero attached hydrogens (tertiary/aromatic N) is 2. The first kappa shape index (κ1) is 23.7. The molecule has 0 aliphatic carbocycles. The Labute approximate surface area is 204 Å². The minimum absolute atomic E-state index is 0.0754. The van der Waals surface area contributed by atoms with E-state index >= 15 is 0 Å². The van der Waals surface area contributed by atoms with Gasteiger partial charge in [-0.15, -0.1) is 0 Å². The first-order chi connectivity index (χ1) is 15.8. The van der Waals surface area contributed by atoms with Gasteiger partial charge < -0.3 is 19.3 Å². The molecule has 2 aliphatic rings. The number of ether oxygens (including phenoxy) is 2. The van der Waals surface area contributed by atoms with E-state index in [0.717, 1.165) is 5.56 Å². The van der Waals surface area contributed by atoms with E-state index in [9.17, 15) is 9.59 Å². The highest BCUT2D eigenvalue weighted by atomic mass is 35.5. The van der Waals surface area contributed by atoms with E-state index in [0.29, 0.717) is 71.9 Å². The summed E-state index contributed by atoms with van der Waals surface area (Å²) in [6.45, 7) is 6.85. The summed E-state index contributed by atoms with van der Waals surface area (Å²) in [5, 5.41) is 0.960. The molecule has 2 heterocycles. The fraction of sp³-hybridized carbons (Fsp3) is 0.440. The molecule has 0 unspecified atom stereocenters. The van der Waals surface area contributed by atoms with Crippen LogP contribution >= 0.6 is 23.2 Å². The average Bonchev–Trinajstić information content (AvgIpc) is 3.38. The van der Waals surface area contributed by atoms with Crippen LogP contribution in [0.5, 0.6) is 11.5 Å². The van der Waals surface area contributed by atoms with Crippen LogP contribution in [0.4, 0.5) is 0 Å². The van der Waals surface area contributed by atoms with Gasteiger partial charge in [0.1, 0.15) is 0 Å². The molecule has 0 saturated carbocycles. The highest BCUT2D eigenvalue weighted by Gasteiger charge is 2.43. The first-order valence-electron chi connectivity index (χ1n) is 11.1. The van der Waals surface area contributed by atoms with Crippen LogP contribution in [0.3, 0.4) is 0 Å². The Morgan fingerprint density at radius 2 is 1.67 bits per heavy atom. The molecule has 6 nitrogen and oxygen atoms in total. The Morgan fingerprint density at radius 3 is 2.30 bits per heavy atom. The first-order valence-corrected chi connectivity index (χ1v) is 11.9. The Hall–Kier alpha value is -2.44. The predicted molar refractivity (Wildman–Crippen MR) is 129 cm³/mol. The van der Waals surface area contributed by atoms with Crippen molar-refractivity contribution in [2.45, 2.75) is 20.3 Å². The summed E-state index contributed by atoms with van der Waals surface area (Å²) in [4.78, 5) is 29.8. The largest absolute Gasteiger partial charge is 0.493 e. The van der Waals surface area contributed by atoms with Crippen LogP contribution < -0.4 is 9.47 Å². The minimum atomic E-state index is -0.0754. The van der Waals surface area contributed by atoms with E-state index < -0.39 is 0 Å². The third-order valence-electron chi connectivity index (χ3n) is 6.56. The second-order valence-corrected chi connectivity index (χ2v) is 9.44. The van der Waals surface area contributed by atoms with Gasteiger partial charge in [0, 0.05) is 43.0 Å². The smallest absolute Gasteiger partial charge is 0.255 e. The molecule has 176 valence electrons. The Kier molecular flexibility index (Phi) is 7.05. The van der Waals surface area contributed by atoms with Crippen LogP contribution in [0.2, 0.25) is 10.0 Å². The lowest BCUT2D eigenvalue weighted by Gasteiger charge is -2.23. The molecular weight excluding hydrogens is 463 g/mol. The number of amides is 2. The van der Waals surface area contributed by atoms with E-state index in [4.69, 9.17) is 32.7 Å². The molecule has 33 heavy (non-hydrogen) atoms. The summed E-state index contributed by atoms with van der Waals surface area (Å²) < 4.78 is 10.9. The fourth-order valence-corrected chi connectivity index (χ4v) is 5.19. The summed E-state index contributed by atoms with van der Waals surface area (Å²) in [6.07, 6.45) is 0.310. The molecule has 0 aromatic heterocycles. The zero-order valence-corrected chi connectivity index (χ0v) is 20.6. The normalized spacial score (nSPS) is 19.5. The lowest BCUT2D eigenvalue weighted by molar-refractivity contribution is -0.129. The van der Waals surface area contributed by atoms with E-state index in [1.807, 2.05) is 41.8 Å². The highest BCUT2D eigenvalue weighted by Crippen LogP contribution is 2.35. The topological polar surface area (TPSA) is 59.1 Å². The Bertz CT molecular complexity index is 1060. The molecule has 2 amide bonds. The van der Waals surface area contributed by atoms with Crippen molar-refractivity contribution < 1.29 is 19.1 Å². The summed E-state index contributed by atoms with van der Waals surface area (Å²) in [6, 6.07) is 9.01. The number of halogens is 2. The summed E-state index contributed by atoms with van der Waals surface area (Å²) in [7, 11) is 1.59. The molecule has 0 N–H and O–H groups in total. The van der Waals surface area contributed by atoms with Crippen molar-refractivity contribution in [2.24, 2.45) is 11.8 Å². The second kappa shape index (κ2) is 9.82. The van der Waals surface area contributed by atoms with Gasteiger partial charge in [-0.05, 0) is 49.2 Å². The molecule has 2 atom stereocenters. The van der Waals surface area contributed by atoms with Gasteiger partial charge in [0.2, 0.25) is 5.91 Å². The number of hydrogen-bond donors (Lipinski definition) is 0. The lowest BCUT2D eigenvalue weighted by atomic mass is 10.0. The molecule has 0 radical (unpaired) electrons. The van der Waals surface area contributed by atoms with Crippen LogP contribution in [-0.4, -0.2) is 61.5 Å². The van der Waals surface area contributed by atoms with E-state index in [1.54, 1.807) is 19.2 Å². The monoisotopic (exact) mass is 490 g/mol. The van der Waals surface area contributed by atoms with Crippen LogP contribution in [0.1, 0.15) is 28.4 Å². The molecule has 2 saturated heterocycles. The summed E-state index contributed by atoms with van der Waals surface area (Å²) in [5.41, 5.74) is 2.09. The molecule has 2 aromatic carbocycles. The Balaban J connectivity index is 1.36. The number of likely N-dealkylation sites (tertiary alicyclic amines) is 2. The van der Waals surface area contributed by atoms with Crippen LogP contribution in [0.15, 0.2) is 30.3 Å². The van der Waals surface area contributed by atoms with E-state index in [-0.39, 0.29) is 23.7 Å². The fourth-order valence-electron chi connectivity index (χ4n) is 4.74. The summed E-state index contributed by atoms with van der Waals surface area (Å²) >= 11 is 12.5. The molecule has 0 spiro atoms. The summed E-state index contributed by atoms with van der Waals surface area (Å²) in [5.74, 6) is 1.87. The van der Waals surface area contributed by atoms with Crippen LogP contribution in [0, 0.1) is 18.8 Å². The van der Waals surface area contributed by atoms with Gasteiger partial charge in [-0.1, -0.05) is 29.3 Å². The predicted octanol–water partition coefficient (Wildman–Crippen LogP) is 4.48. The maximum Gasteiger partial charge on any atom is 0.255 e. The molecule has 4 rings (SSSR count). The van der Waals surface area contributed by atoms with Gasteiger partial charge in [0.05, 0.1) is 30.7 Å². The zero-order chi connectivity index (χ0) is 23.7. The van der Waals surface area contributed by atoms with Crippen molar-refractivity contribution >= 4 is 35.0 Å². The van der Waals surface area contributed by atoms with Crippen molar-refractivity contribution in [3.05, 3.63) is 57.1 Å². The maximum atomic E-state index is 13.0. The molecule has 8 heteroatoms. The minimum Gasteiger partial charge on any atom is -0.493 e. The molecule has 0 bridgehead atoms. The standard InChI is InChI=1S/C25H28Cl2N2O4/c1-4-33-21-8-5-16(9-22(21)32-3)10-23(30)28-11-17-13-29(14-18(17)12-28)25(31)19-6-7-20(26)15(2)24(19)27/h5-9,17-18H,4,10-14H2,1-3H3/t17-,18+. The van der Waals surface area contributed by atoms with Crippen molar-refractivity contribution in [3.8, 4) is 11.5 Å². The van der Waals surface area contributed by atoms with E-state index in [1.165, 1.54) is 0 Å². The molecule has 2 fully saturated rings. The number of fused-ring (bicyclic) bond motifs is 1. The lowest BCUT2D eigenvalue weighted by Crippen LogP contribution is -2.36. The third kappa shape index (κ3) is 4.78. The number of hydrogen-bond acceptors (Lipinski definition) is 4. The van der Waals surface area contributed by atoms with Crippen molar-refractivity contribution in [1.82, 2.24) is 9.80 Å². The molecular formula is C25H28Cl2N2O4. The van der Waals surface area contributed by atoms with Crippen molar-refractivity contribution in [3.63, 3.8) is 0 Å². The zero-order valence-electron chi connectivity index (χ0n) is 19.1. The average molecular weight is 491 g/mol. The van der Waals surface area contributed by atoms with Gasteiger partial charge in [0.15, 0.2) is 11.5 Å². The number of carbonyl (C=O) groups is 2. The van der Waals surface area contributed by atoms with Gasteiger partial charge in [0.25, 0.3) is 5.91 Å². The van der Waals surface area contributed by atoms with Crippen LogP contribution in [-0.2, 0) is 11.2 Å². The molecule has 2 aromatic rings. The highest BCUT2D eigenvalue weighted by molar-refractivity contribution is 6.38. The Morgan fingerprint density at radius 1 is 1.00 bits per heavy atom. The van der Waals surface area contributed by atoms with E-state index in [2.05, 4.69) is 0 Å². The van der Waals surface area contributed by atoms with Crippen LogP contribution in [0.25, 0.3) is 0 Å². The number of benzene rings is 2. The van der Waals surface area contributed by atoms with Crippen molar-refractivity contribution in [2.75, 3.05) is 39.9 Å². The van der Waals surface area contributed by atoms with Crippen molar-refractivity contribution in [1.29, 1.82) is 0 Å². The second-order valence-electron chi connectivity index (χ2n) is 8.66. The maximum absolute atomic E-state index is 13.0. The molecule has 2 aliphatic heterocycles. The number of rotatable bonds is 6. The number of methoxy groups -OCH3 is 1.